The summed E-state index contributed by atoms with van der Waals surface area (Å²) in [6.07, 6.45) is 0.880. The van der Waals surface area contributed by atoms with Crippen LogP contribution in [0, 0.1) is 0 Å². The number of ether oxygens (including phenoxy) is 1. The van der Waals surface area contributed by atoms with Gasteiger partial charge in [0, 0.05) is 6.04 Å². The van der Waals surface area contributed by atoms with Crippen molar-refractivity contribution in [2.24, 2.45) is 11.5 Å². The maximum atomic E-state index is 11.0. The van der Waals surface area contributed by atoms with Gasteiger partial charge in [-0.25, -0.2) is 0 Å². The van der Waals surface area contributed by atoms with Crippen LogP contribution in [-0.4, -0.2) is 12.0 Å². The van der Waals surface area contributed by atoms with Crippen LogP contribution >= 0.6 is 0 Å². The highest BCUT2D eigenvalue weighted by Crippen LogP contribution is 2.19. The van der Waals surface area contributed by atoms with Crippen molar-refractivity contribution in [1.29, 1.82) is 0 Å². The molecule has 0 aromatic heterocycles. The molecule has 4 heteroatoms. The van der Waals surface area contributed by atoms with E-state index in [9.17, 15) is 4.79 Å². The first-order valence-electron chi connectivity index (χ1n) is 5.90. The molecule has 0 saturated carbocycles. The predicted molar refractivity (Wildman–Crippen MR) is 67.6 cm³/mol. The Balaban J connectivity index is 2.71. The quantitative estimate of drug-likeness (QED) is 0.789. The molecular formula is C13H20N2O2. The first-order valence-corrected chi connectivity index (χ1v) is 5.90. The number of primary amides is 1. The second-order valence-corrected chi connectivity index (χ2v) is 4.00. The molecule has 94 valence electrons. The van der Waals surface area contributed by atoms with E-state index in [1.807, 2.05) is 38.1 Å². The molecule has 0 heterocycles. The van der Waals surface area contributed by atoms with E-state index in [1.165, 1.54) is 0 Å². The molecule has 1 aromatic carbocycles. The maximum Gasteiger partial charge on any atom is 0.258 e. The minimum atomic E-state index is -0.569. The van der Waals surface area contributed by atoms with Gasteiger partial charge in [0.05, 0.1) is 0 Å². The predicted octanol–water partition coefficient (Wildman–Crippen LogP) is 1.74. The van der Waals surface area contributed by atoms with E-state index in [2.05, 4.69) is 0 Å². The van der Waals surface area contributed by atoms with E-state index in [4.69, 9.17) is 16.2 Å². The molecule has 1 aromatic rings. The molecule has 1 rings (SSSR count). The molecule has 0 aliphatic rings. The Morgan fingerprint density at radius 3 is 2.24 bits per heavy atom. The molecule has 2 atom stereocenters. The molecule has 0 radical (unpaired) electrons. The van der Waals surface area contributed by atoms with Gasteiger partial charge in [-0.2, -0.15) is 0 Å². The lowest BCUT2D eigenvalue weighted by Crippen LogP contribution is -2.32. The van der Waals surface area contributed by atoms with Gasteiger partial charge in [-0.3, -0.25) is 4.79 Å². The van der Waals surface area contributed by atoms with Crippen LogP contribution < -0.4 is 16.2 Å². The van der Waals surface area contributed by atoms with Crippen molar-refractivity contribution in [3.8, 4) is 5.75 Å². The Hall–Kier alpha value is -1.55. The van der Waals surface area contributed by atoms with Crippen LogP contribution in [0.4, 0.5) is 0 Å². The van der Waals surface area contributed by atoms with Crippen LogP contribution in [0.3, 0.4) is 0 Å². The highest BCUT2D eigenvalue weighted by atomic mass is 16.5. The first kappa shape index (κ1) is 13.5. The lowest BCUT2D eigenvalue weighted by Gasteiger charge is -2.15. The van der Waals surface area contributed by atoms with E-state index >= 15 is 0 Å². The summed E-state index contributed by atoms with van der Waals surface area (Å²) in [4.78, 5) is 11.0. The fourth-order valence-electron chi connectivity index (χ4n) is 1.54. The van der Waals surface area contributed by atoms with Crippen LogP contribution in [0.5, 0.6) is 5.75 Å². The van der Waals surface area contributed by atoms with Crippen LogP contribution in [0.1, 0.15) is 38.3 Å². The molecule has 4 N–H and O–H groups in total. The number of benzene rings is 1. The van der Waals surface area contributed by atoms with E-state index in [0.717, 1.165) is 12.0 Å². The van der Waals surface area contributed by atoms with Gasteiger partial charge in [0.15, 0.2) is 6.10 Å². The molecule has 0 bridgehead atoms. The summed E-state index contributed by atoms with van der Waals surface area (Å²) in [6.45, 7) is 3.89. The van der Waals surface area contributed by atoms with Crippen LogP contribution in [0.15, 0.2) is 24.3 Å². The summed E-state index contributed by atoms with van der Waals surface area (Å²) in [5, 5.41) is 0. The van der Waals surface area contributed by atoms with E-state index < -0.39 is 12.0 Å². The van der Waals surface area contributed by atoms with Gasteiger partial charge in [0.25, 0.3) is 5.91 Å². The third-order valence-corrected chi connectivity index (χ3v) is 2.71. The molecule has 17 heavy (non-hydrogen) atoms. The molecule has 0 spiro atoms. The topological polar surface area (TPSA) is 78.3 Å². The lowest BCUT2D eigenvalue weighted by atomic mass is 10.1. The van der Waals surface area contributed by atoms with Gasteiger partial charge in [-0.1, -0.05) is 26.0 Å². The Morgan fingerprint density at radius 2 is 1.82 bits per heavy atom. The molecule has 0 aliphatic heterocycles. The number of hydrogen-bond acceptors (Lipinski definition) is 3. The van der Waals surface area contributed by atoms with E-state index in [0.29, 0.717) is 12.2 Å². The maximum absolute atomic E-state index is 11.0. The summed E-state index contributed by atoms with van der Waals surface area (Å²) in [5.74, 6) is 0.199. The molecule has 0 aliphatic carbocycles. The smallest absolute Gasteiger partial charge is 0.258 e. The Morgan fingerprint density at radius 1 is 1.24 bits per heavy atom. The molecule has 1 amide bonds. The zero-order valence-corrected chi connectivity index (χ0v) is 10.3. The monoisotopic (exact) mass is 236 g/mol. The fourth-order valence-corrected chi connectivity index (χ4v) is 1.54. The fraction of sp³-hybridized carbons (Fsp3) is 0.462. The minimum Gasteiger partial charge on any atom is -0.481 e. The van der Waals surface area contributed by atoms with E-state index in [-0.39, 0.29) is 6.04 Å². The summed E-state index contributed by atoms with van der Waals surface area (Å²) < 4.78 is 5.48. The summed E-state index contributed by atoms with van der Waals surface area (Å²) in [5.41, 5.74) is 12.2. The van der Waals surface area contributed by atoms with Crippen molar-refractivity contribution in [2.45, 2.75) is 38.8 Å². The van der Waals surface area contributed by atoms with Gasteiger partial charge in [-0.05, 0) is 30.5 Å². The Kier molecular flexibility index (Phi) is 4.97. The molecule has 1 unspecified atom stereocenters. The highest BCUT2D eigenvalue weighted by Gasteiger charge is 2.14. The van der Waals surface area contributed by atoms with Gasteiger partial charge in [0.1, 0.15) is 5.75 Å². The summed E-state index contributed by atoms with van der Waals surface area (Å²) in [6, 6.07) is 7.50. The van der Waals surface area contributed by atoms with E-state index in [1.54, 1.807) is 0 Å². The molecule has 4 nitrogen and oxygen atoms in total. The van der Waals surface area contributed by atoms with Gasteiger partial charge in [0.2, 0.25) is 0 Å². The number of rotatable bonds is 6. The van der Waals surface area contributed by atoms with Gasteiger partial charge < -0.3 is 16.2 Å². The number of amides is 1. The summed E-state index contributed by atoms with van der Waals surface area (Å²) in [7, 11) is 0. The second-order valence-electron chi connectivity index (χ2n) is 4.00. The number of nitrogens with two attached hydrogens (primary N) is 2. The van der Waals surface area contributed by atoms with Gasteiger partial charge >= 0.3 is 0 Å². The first-order chi connectivity index (χ1) is 8.08. The zero-order valence-electron chi connectivity index (χ0n) is 10.3. The average Bonchev–Trinajstić information content (AvgIpc) is 2.35. The lowest BCUT2D eigenvalue weighted by molar-refractivity contribution is -0.124. The third kappa shape index (κ3) is 3.75. The second kappa shape index (κ2) is 6.25. The molecular weight excluding hydrogens is 216 g/mol. The Labute approximate surface area is 102 Å². The standard InChI is InChI=1S/C13H20N2O2/c1-3-11(14)9-5-7-10(8-6-9)17-12(4-2)13(15)16/h5-8,11-12H,3-4,14H2,1-2H3,(H2,15,16)/t11-,12?/m0/s1. The number of hydrogen-bond donors (Lipinski definition) is 2. The summed E-state index contributed by atoms with van der Waals surface area (Å²) >= 11 is 0. The Bertz CT molecular complexity index is 362. The van der Waals surface area contributed by atoms with Crippen LogP contribution in [-0.2, 0) is 4.79 Å². The number of carbonyl (C=O) groups is 1. The minimum absolute atomic E-state index is 0.0437. The van der Waals surface area contributed by atoms with Gasteiger partial charge in [-0.15, -0.1) is 0 Å². The zero-order chi connectivity index (χ0) is 12.8. The number of carbonyl (C=O) groups excluding carboxylic acids is 1. The van der Waals surface area contributed by atoms with Crippen molar-refractivity contribution >= 4 is 5.91 Å². The normalized spacial score (nSPS) is 14.1. The van der Waals surface area contributed by atoms with Crippen molar-refractivity contribution in [2.75, 3.05) is 0 Å². The largest absolute Gasteiger partial charge is 0.481 e. The highest BCUT2D eigenvalue weighted by molar-refractivity contribution is 5.79. The molecule has 0 fully saturated rings. The third-order valence-electron chi connectivity index (χ3n) is 2.71. The van der Waals surface area contributed by atoms with Crippen molar-refractivity contribution in [1.82, 2.24) is 0 Å². The van der Waals surface area contributed by atoms with Crippen LogP contribution in [0.25, 0.3) is 0 Å². The van der Waals surface area contributed by atoms with Crippen molar-refractivity contribution in [3.05, 3.63) is 29.8 Å². The van der Waals surface area contributed by atoms with Crippen molar-refractivity contribution < 1.29 is 9.53 Å². The van der Waals surface area contributed by atoms with Crippen LogP contribution in [0.2, 0.25) is 0 Å². The SMILES string of the molecule is CCC(Oc1ccc([C@@H](N)CC)cc1)C(N)=O. The molecule has 0 saturated heterocycles. The average molecular weight is 236 g/mol. The van der Waals surface area contributed by atoms with Crippen molar-refractivity contribution in [3.63, 3.8) is 0 Å².